The Hall–Kier alpha value is -3.94. The summed E-state index contributed by atoms with van der Waals surface area (Å²) in [7, 11) is 1.32. The van der Waals surface area contributed by atoms with Crippen molar-refractivity contribution in [3.8, 4) is 28.7 Å². The average molecular weight is 683 g/mol. The normalized spacial score (nSPS) is 11.1. The van der Waals surface area contributed by atoms with Crippen LogP contribution < -0.4 is 33.4 Å². The number of nitrogens with zero attached hydrogens (tertiary/aromatic N) is 2. The van der Waals surface area contributed by atoms with E-state index in [0.717, 1.165) is 4.31 Å². The Morgan fingerprint density at radius 2 is 1.64 bits per heavy atom. The number of carbonyl (C=O) groups is 1. The molecular weight excluding hydrogens is 654 g/mol. The summed E-state index contributed by atoms with van der Waals surface area (Å²) in [6, 6.07) is 11.9. The predicted octanol–water partition coefficient (Wildman–Crippen LogP) is 5.05. The Kier molecular flexibility index (Phi) is 11.5. The number of carbonyl (C=O) groups excluding carboxylic acids is 1. The highest BCUT2D eigenvalue weighted by Crippen LogP contribution is 2.38. The Bertz CT molecular complexity index is 1580. The molecule has 0 aromatic heterocycles. The molecule has 0 unspecified atom stereocenters. The van der Waals surface area contributed by atoms with E-state index in [1.807, 2.05) is 0 Å². The topological polar surface area (TPSA) is 125 Å². The minimum absolute atomic E-state index is 0.0442. The fourth-order valence-corrected chi connectivity index (χ4v) is 5.88. The smallest absolute Gasteiger partial charge is 0.265 e. The van der Waals surface area contributed by atoms with Crippen LogP contribution in [-0.4, -0.2) is 62.1 Å². The molecule has 1 N–H and O–H groups in total. The summed E-state index contributed by atoms with van der Waals surface area (Å²) < 4.78 is 56.1. The zero-order valence-electron chi connectivity index (χ0n) is 23.2. The molecule has 0 aliphatic heterocycles. The molecule has 14 heteroatoms. The lowest BCUT2D eigenvalue weighted by Gasteiger charge is -2.25. The van der Waals surface area contributed by atoms with E-state index in [0.29, 0.717) is 27.3 Å². The largest absolute Gasteiger partial charge is 0.495 e. The van der Waals surface area contributed by atoms with Gasteiger partial charge >= 0.3 is 0 Å². The Labute approximate surface area is 257 Å². The number of benzene rings is 3. The second-order valence-corrected chi connectivity index (χ2v) is 11.4. The van der Waals surface area contributed by atoms with Crippen molar-refractivity contribution in [2.75, 3.05) is 45.9 Å². The van der Waals surface area contributed by atoms with Crippen LogP contribution in [0.5, 0.6) is 28.7 Å². The van der Waals surface area contributed by atoms with Crippen LogP contribution in [0.25, 0.3) is 0 Å². The van der Waals surface area contributed by atoms with Gasteiger partial charge in [-0.3, -0.25) is 9.10 Å². The van der Waals surface area contributed by atoms with Crippen LogP contribution in [0.15, 0.2) is 75.7 Å². The van der Waals surface area contributed by atoms with Gasteiger partial charge in [0, 0.05) is 11.1 Å². The maximum Gasteiger partial charge on any atom is 0.265 e. The van der Waals surface area contributed by atoms with Gasteiger partial charge in [-0.2, -0.15) is 5.10 Å². The number of ether oxygens (including phenoxy) is 5. The predicted molar refractivity (Wildman–Crippen MR) is 164 cm³/mol. The van der Waals surface area contributed by atoms with E-state index in [1.54, 1.807) is 18.2 Å². The third kappa shape index (κ3) is 7.66. The molecule has 0 spiro atoms. The molecule has 0 radical (unpaired) electrons. The van der Waals surface area contributed by atoms with Gasteiger partial charge in [0.05, 0.1) is 49.7 Å². The van der Waals surface area contributed by atoms with Gasteiger partial charge in [-0.25, -0.2) is 13.8 Å². The van der Waals surface area contributed by atoms with Crippen LogP contribution in [0, 0.1) is 0 Å². The van der Waals surface area contributed by atoms with Crippen LogP contribution in [0.1, 0.15) is 5.56 Å². The summed E-state index contributed by atoms with van der Waals surface area (Å²) in [6.07, 6.45) is 2.97. The Morgan fingerprint density at radius 1 is 0.976 bits per heavy atom. The molecule has 1 amide bonds. The molecule has 42 heavy (non-hydrogen) atoms. The zero-order chi connectivity index (χ0) is 30.9. The van der Waals surface area contributed by atoms with E-state index in [9.17, 15) is 13.2 Å². The van der Waals surface area contributed by atoms with Gasteiger partial charge < -0.3 is 23.7 Å². The first-order valence-corrected chi connectivity index (χ1v) is 14.7. The second-order valence-electron chi connectivity index (χ2n) is 8.27. The van der Waals surface area contributed by atoms with Crippen molar-refractivity contribution in [2.24, 2.45) is 5.10 Å². The van der Waals surface area contributed by atoms with Crippen LogP contribution >= 0.6 is 27.5 Å². The third-order valence-electron chi connectivity index (χ3n) is 5.64. The molecule has 0 aliphatic rings. The SMILES string of the molecule is C=CCOc1c(Br)cc(/C=N\NC(=O)CN(c2cc(Cl)ccc2OC)S(=O)(=O)c2ccc(OC)c(OC)c2)cc1OC. The quantitative estimate of drug-likeness (QED) is 0.142. The minimum Gasteiger partial charge on any atom is -0.495 e. The maximum absolute atomic E-state index is 13.9. The highest BCUT2D eigenvalue weighted by atomic mass is 79.9. The lowest BCUT2D eigenvalue weighted by molar-refractivity contribution is -0.119. The molecule has 224 valence electrons. The number of sulfonamides is 1. The number of nitrogens with one attached hydrogen (secondary N) is 1. The van der Waals surface area contributed by atoms with Crippen molar-refractivity contribution in [3.63, 3.8) is 0 Å². The number of hydrogen-bond donors (Lipinski definition) is 1. The number of hydrogen-bond acceptors (Lipinski definition) is 9. The van der Waals surface area contributed by atoms with E-state index in [4.69, 9.17) is 35.3 Å². The number of anilines is 1. The first-order valence-electron chi connectivity index (χ1n) is 12.1. The average Bonchev–Trinajstić information content (AvgIpc) is 2.98. The van der Waals surface area contributed by atoms with Crippen molar-refractivity contribution in [2.45, 2.75) is 4.90 Å². The van der Waals surface area contributed by atoms with Crippen molar-refractivity contribution in [1.29, 1.82) is 0 Å². The fraction of sp³-hybridized carbons (Fsp3) is 0.214. The van der Waals surface area contributed by atoms with Crippen LogP contribution in [0.3, 0.4) is 0 Å². The first kappa shape index (κ1) is 32.6. The molecule has 11 nitrogen and oxygen atoms in total. The van der Waals surface area contributed by atoms with Gasteiger partial charge in [0.25, 0.3) is 15.9 Å². The summed E-state index contributed by atoms with van der Waals surface area (Å²) in [5, 5.41) is 4.22. The van der Waals surface area contributed by atoms with Crippen LogP contribution in [0.4, 0.5) is 5.69 Å². The van der Waals surface area contributed by atoms with Crippen molar-refractivity contribution in [1.82, 2.24) is 5.43 Å². The minimum atomic E-state index is -4.36. The molecular formula is C28H29BrClN3O8S. The number of methoxy groups -OCH3 is 4. The van der Waals surface area contributed by atoms with E-state index in [2.05, 4.69) is 33.0 Å². The summed E-state index contributed by atoms with van der Waals surface area (Å²) >= 11 is 9.63. The fourth-order valence-electron chi connectivity index (χ4n) is 3.70. The van der Waals surface area contributed by atoms with Gasteiger partial charge in [-0.1, -0.05) is 24.3 Å². The third-order valence-corrected chi connectivity index (χ3v) is 8.22. The summed E-state index contributed by atoms with van der Waals surface area (Å²) in [5.74, 6) is 0.862. The summed E-state index contributed by atoms with van der Waals surface area (Å²) in [4.78, 5) is 12.9. The molecule has 3 aromatic carbocycles. The number of rotatable bonds is 14. The van der Waals surface area contributed by atoms with Crippen molar-refractivity contribution in [3.05, 3.63) is 76.2 Å². The van der Waals surface area contributed by atoms with E-state index in [1.165, 1.54) is 71.1 Å². The molecule has 0 saturated carbocycles. The van der Waals surface area contributed by atoms with E-state index < -0.39 is 22.5 Å². The van der Waals surface area contributed by atoms with Gasteiger partial charge in [-0.05, 0) is 64.0 Å². The molecule has 3 aromatic rings. The number of halogens is 2. The number of amides is 1. The number of hydrazone groups is 1. The Balaban J connectivity index is 1.94. The van der Waals surface area contributed by atoms with Crippen LogP contribution in [-0.2, 0) is 14.8 Å². The van der Waals surface area contributed by atoms with Gasteiger partial charge in [-0.15, -0.1) is 0 Å². The van der Waals surface area contributed by atoms with E-state index >= 15 is 0 Å². The standard InChI is InChI=1S/C28H29BrClN3O8S/c1-6-11-41-28-21(29)12-18(13-26(28)40-5)16-31-32-27(34)17-33(22-14-19(30)7-9-23(22)37-2)42(35,36)20-8-10-24(38-3)25(15-20)39-4/h6-10,12-16H,1,11,17H2,2-5H3,(H,32,34)/b31-16-. The highest BCUT2D eigenvalue weighted by Gasteiger charge is 2.30. The summed E-state index contributed by atoms with van der Waals surface area (Å²) in [6.45, 7) is 3.24. The van der Waals surface area contributed by atoms with Crippen LogP contribution in [0.2, 0.25) is 5.02 Å². The second kappa shape index (κ2) is 14.8. The lowest BCUT2D eigenvalue weighted by Crippen LogP contribution is -2.39. The first-order chi connectivity index (χ1) is 20.1. The molecule has 3 rings (SSSR count). The summed E-state index contributed by atoms with van der Waals surface area (Å²) in [5.41, 5.74) is 2.97. The molecule has 0 aliphatic carbocycles. The van der Waals surface area contributed by atoms with Crippen molar-refractivity contribution >= 4 is 55.4 Å². The lowest BCUT2D eigenvalue weighted by atomic mass is 10.2. The molecule has 0 saturated heterocycles. The maximum atomic E-state index is 13.9. The van der Waals surface area contributed by atoms with Gasteiger partial charge in [0.2, 0.25) is 0 Å². The molecule has 0 bridgehead atoms. The zero-order valence-corrected chi connectivity index (χ0v) is 26.4. The Morgan fingerprint density at radius 3 is 2.29 bits per heavy atom. The molecule has 0 atom stereocenters. The molecule has 0 fully saturated rings. The molecule has 0 heterocycles. The van der Waals surface area contributed by atoms with Gasteiger partial charge in [0.15, 0.2) is 23.0 Å². The highest BCUT2D eigenvalue weighted by molar-refractivity contribution is 9.10. The van der Waals surface area contributed by atoms with Crippen molar-refractivity contribution < 1.29 is 36.9 Å². The monoisotopic (exact) mass is 681 g/mol. The van der Waals surface area contributed by atoms with E-state index in [-0.39, 0.29) is 33.7 Å². The van der Waals surface area contributed by atoms with Gasteiger partial charge in [0.1, 0.15) is 18.9 Å².